The van der Waals surface area contributed by atoms with Crippen LogP contribution in [0.2, 0.25) is 0 Å². The number of hydrogen-bond donors (Lipinski definition) is 1. The summed E-state index contributed by atoms with van der Waals surface area (Å²) in [7, 11) is 1.53. The number of benzene rings is 4. The van der Waals surface area contributed by atoms with Gasteiger partial charge in [-0.05, 0) is 103 Å². The minimum absolute atomic E-state index is 0.265. The summed E-state index contributed by atoms with van der Waals surface area (Å²) >= 11 is 4.37. The molecule has 1 N–H and O–H groups in total. The number of methoxy groups -OCH3 is 1. The van der Waals surface area contributed by atoms with E-state index in [4.69, 9.17) is 9.47 Å². The average molecular weight is 680 g/mol. The highest BCUT2D eigenvalue weighted by molar-refractivity contribution is 14.1. The van der Waals surface area contributed by atoms with E-state index in [1.807, 2.05) is 48.5 Å². The monoisotopic (exact) mass is 680 g/mol. The van der Waals surface area contributed by atoms with E-state index >= 15 is 0 Å². The minimum atomic E-state index is -0.363. The molecule has 4 aromatic carbocycles. The fourth-order valence-electron chi connectivity index (χ4n) is 3.37. The number of hydrogen-bond acceptors (Lipinski definition) is 4. The van der Waals surface area contributed by atoms with Crippen molar-refractivity contribution >= 4 is 68.1 Å². The largest absolute Gasteiger partial charge is 0.496 e. The number of amides is 1. The number of fused-ring (bicyclic) bond motifs is 1. The molecule has 0 bridgehead atoms. The molecule has 4 aromatic rings. The van der Waals surface area contributed by atoms with Gasteiger partial charge in [0.25, 0.3) is 5.91 Å². The van der Waals surface area contributed by atoms with Gasteiger partial charge >= 0.3 is 0 Å². The molecular weight excluding hydrogens is 661 g/mol. The van der Waals surface area contributed by atoms with Crippen LogP contribution in [0, 0.1) is 13.0 Å². The van der Waals surface area contributed by atoms with Gasteiger partial charge in [0.05, 0.1) is 26.0 Å². The molecule has 0 atom stereocenters. The van der Waals surface area contributed by atoms with Crippen molar-refractivity contribution in [2.75, 3.05) is 7.11 Å². The zero-order valence-corrected chi connectivity index (χ0v) is 22.3. The topological polar surface area (TPSA) is 59.9 Å². The highest BCUT2D eigenvalue weighted by Gasteiger charge is 2.13. The number of rotatable bonds is 7. The van der Waals surface area contributed by atoms with E-state index in [1.54, 1.807) is 18.3 Å². The zero-order chi connectivity index (χ0) is 24.1. The van der Waals surface area contributed by atoms with Crippen LogP contribution in [-0.2, 0) is 6.61 Å². The van der Waals surface area contributed by atoms with Crippen molar-refractivity contribution in [2.24, 2.45) is 5.10 Å². The summed E-state index contributed by atoms with van der Waals surface area (Å²) in [6, 6.07) is 21.5. The van der Waals surface area contributed by atoms with E-state index < -0.39 is 0 Å². The number of ether oxygens (including phenoxy) is 2. The van der Waals surface area contributed by atoms with Crippen LogP contribution < -0.4 is 14.9 Å². The van der Waals surface area contributed by atoms with Crippen molar-refractivity contribution in [1.82, 2.24) is 5.43 Å². The summed E-state index contributed by atoms with van der Waals surface area (Å²) in [4.78, 5) is 12.7. The van der Waals surface area contributed by atoms with Crippen LogP contribution in [-0.4, -0.2) is 19.2 Å². The normalized spacial score (nSPS) is 11.1. The number of carbonyl (C=O) groups excluding carboxylic acids is 1. The molecule has 4 rings (SSSR count). The third-order valence-corrected chi connectivity index (χ3v) is 6.59. The van der Waals surface area contributed by atoms with Crippen LogP contribution in [0.25, 0.3) is 10.8 Å². The Morgan fingerprint density at radius 1 is 1.00 bits per heavy atom. The molecular formula is C26H19FI2N2O3. The quantitative estimate of drug-likeness (QED) is 0.137. The van der Waals surface area contributed by atoms with Gasteiger partial charge in [0.15, 0.2) is 0 Å². The summed E-state index contributed by atoms with van der Waals surface area (Å²) in [6.45, 7) is 0.265. The lowest BCUT2D eigenvalue weighted by molar-refractivity contribution is 0.0952. The molecule has 0 aliphatic heterocycles. The maximum absolute atomic E-state index is 13.4. The lowest BCUT2D eigenvalue weighted by Gasteiger charge is -2.11. The minimum Gasteiger partial charge on any atom is -0.496 e. The fourth-order valence-corrected chi connectivity index (χ4v) is 5.49. The van der Waals surface area contributed by atoms with Crippen LogP contribution >= 0.6 is 45.2 Å². The summed E-state index contributed by atoms with van der Waals surface area (Å²) in [5, 5.41) is 6.05. The third kappa shape index (κ3) is 5.84. The summed E-state index contributed by atoms with van der Waals surface area (Å²) in [6.07, 6.45) is 1.58. The summed E-state index contributed by atoms with van der Waals surface area (Å²) in [5.41, 5.74) is 4.53. The first-order chi connectivity index (χ1) is 16.4. The molecule has 0 saturated heterocycles. The van der Waals surface area contributed by atoms with Gasteiger partial charge in [0.2, 0.25) is 0 Å². The molecule has 0 heterocycles. The van der Waals surface area contributed by atoms with Crippen LogP contribution in [0.5, 0.6) is 11.5 Å². The molecule has 34 heavy (non-hydrogen) atoms. The van der Waals surface area contributed by atoms with E-state index in [0.29, 0.717) is 17.1 Å². The zero-order valence-electron chi connectivity index (χ0n) is 18.0. The van der Waals surface area contributed by atoms with Crippen LogP contribution in [0.15, 0.2) is 77.9 Å². The van der Waals surface area contributed by atoms with Gasteiger partial charge in [-0.3, -0.25) is 4.79 Å². The van der Waals surface area contributed by atoms with E-state index in [-0.39, 0.29) is 18.3 Å². The maximum Gasteiger partial charge on any atom is 0.275 e. The fraction of sp³-hybridized carbons (Fsp3) is 0.0769. The molecule has 172 valence electrons. The molecule has 0 aliphatic rings. The maximum atomic E-state index is 13.4. The number of nitrogens with zero attached hydrogens (tertiary/aromatic N) is 1. The Hall–Kier alpha value is -2.73. The molecule has 1 amide bonds. The number of nitrogens with one attached hydrogen (secondary N) is 1. The predicted octanol–water partition coefficient (Wildman–Crippen LogP) is 6.54. The number of hydrazone groups is 1. The first-order valence-corrected chi connectivity index (χ1v) is 12.4. The first-order valence-electron chi connectivity index (χ1n) is 10.2. The Bertz CT molecular complexity index is 1370. The Morgan fingerprint density at radius 2 is 1.71 bits per heavy atom. The Morgan fingerprint density at radius 3 is 2.38 bits per heavy atom. The van der Waals surface area contributed by atoms with Gasteiger partial charge in [-0.1, -0.05) is 36.4 Å². The molecule has 5 nitrogen and oxygen atoms in total. The molecule has 0 radical (unpaired) electrons. The van der Waals surface area contributed by atoms with Crippen molar-refractivity contribution in [1.29, 1.82) is 0 Å². The Kier molecular flexibility index (Phi) is 7.99. The molecule has 0 spiro atoms. The van der Waals surface area contributed by atoms with Gasteiger partial charge < -0.3 is 9.47 Å². The van der Waals surface area contributed by atoms with Crippen molar-refractivity contribution in [3.63, 3.8) is 0 Å². The second-order valence-electron chi connectivity index (χ2n) is 7.33. The lowest BCUT2D eigenvalue weighted by Crippen LogP contribution is -2.18. The van der Waals surface area contributed by atoms with Crippen LogP contribution in [0.3, 0.4) is 0 Å². The number of halogens is 3. The molecule has 0 saturated carbocycles. The SMILES string of the molecule is COc1cc2ccccc2cc1C(=O)N/N=C\c1cc(I)c(OCc2cccc(F)c2)c(I)c1. The van der Waals surface area contributed by atoms with Gasteiger partial charge in [0, 0.05) is 0 Å². The van der Waals surface area contributed by atoms with E-state index in [1.165, 1.54) is 19.2 Å². The Balaban J connectivity index is 1.45. The molecule has 8 heteroatoms. The second kappa shape index (κ2) is 11.1. The highest BCUT2D eigenvalue weighted by atomic mass is 127. The van der Waals surface area contributed by atoms with Gasteiger partial charge in [-0.2, -0.15) is 5.10 Å². The number of carbonyl (C=O) groups is 1. The summed E-state index contributed by atoms with van der Waals surface area (Å²) < 4.78 is 26.5. The van der Waals surface area contributed by atoms with E-state index in [2.05, 4.69) is 55.7 Å². The van der Waals surface area contributed by atoms with Crippen molar-refractivity contribution in [3.8, 4) is 11.5 Å². The molecule has 0 fully saturated rings. The van der Waals surface area contributed by atoms with Crippen LogP contribution in [0.4, 0.5) is 4.39 Å². The van der Waals surface area contributed by atoms with E-state index in [0.717, 1.165) is 29.0 Å². The molecule has 0 aliphatic carbocycles. The van der Waals surface area contributed by atoms with Crippen LogP contribution in [0.1, 0.15) is 21.5 Å². The third-order valence-electron chi connectivity index (χ3n) is 4.98. The smallest absolute Gasteiger partial charge is 0.275 e. The lowest BCUT2D eigenvalue weighted by atomic mass is 10.1. The first kappa shape index (κ1) is 24.4. The standard InChI is InChI=1S/C26H19FI2N2O3/c1-33-24-13-19-7-3-2-6-18(19)12-21(24)26(32)31-30-14-17-10-22(28)25(23(29)11-17)34-15-16-5-4-8-20(27)9-16/h2-14H,15H2,1H3,(H,31,32)/b30-14-. The summed E-state index contributed by atoms with van der Waals surface area (Å²) in [5.74, 6) is 0.543. The second-order valence-corrected chi connectivity index (χ2v) is 9.66. The predicted molar refractivity (Wildman–Crippen MR) is 148 cm³/mol. The van der Waals surface area contributed by atoms with E-state index in [9.17, 15) is 9.18 Å². The van der Waals surface area contributed by atoms with Crippen molar-refractivity contribution in [3.05, 3.63) is 102 Å². The average Bonchev–Trinajstić information content (AvgIpc) is 2.82. The van der Waals surface area contributed by atoms with Gasteiger partial charge in [0.1, 0.15) is 23.9 Å². The molecule has 0 unspecified atom stereocenters. The van der Waals surface area contributed by atoms with Gasteiger partial charge in [-0.15, -0.1) is 0 Å². The molecule has 0 aromatic heterocycles. The van der Waals surface area contributed by atoms with Crippen molar-refractivity contribution in [2.45, 2.75) is 6.61 Å². The van der Waals surface area contributed by atoms with Crippen molar-refractivity contribution < 1.29 is 18.7 Å². The van der Waals surface area contributed by atoms with Gasteiger partial charge in [-0.25, -0.2) is 9.82 Å². The highest BCUT2D eigenvalue weighted by Crippen LogP contribution is 2.29. The Labute approximate surface area is 223 Å².